The first-order valence-electron chi connectivity index (χ1n) is 7.80. The van der Waals surface area contributed by atoms with E-state index in [9.17, 15) is 9.59 Å². The molecule has 2 aromatic rings. The second-order valence-electron chi connectivity index (χ2n) is 6.14. The molecule has 0 aliphatic carbocycles. The van der Waals surface area contributed by atoms with E-state index in [4.69, 9.17) is 0 Å². The van der Waals surface area contributed by atoms with Gasteiger partial charge in [-0.05, 0) is 25.5 Å². The number of nitrogens with zero attached hydrogens (tertiary/aromatic N) is 2. The molecule has 0 radical (unpaired) electrons. The van der Waals surface area contributed by atoms with Gasteiger partial charge >= 0.3 is 0 Å². The number of H-pyrrole nitrogens is 1. The number of piperazine rings is 1. The molecule has 1 fully saturated rings. The van der Waals surface area contributed by atoms with E-state index in [1.54, 1.807) is 23.4 Å². The highest BCUT2D eigenvalue weighted by atomic mass is 16.2. The minimum absolute atomic E-state index is 0.000653. The summed E-state index contributed by atoms with van der Waals surface area (Å²) in [6, 6.07) is 8.07. The molecular weight excluding hydrogens is 290 g/mol. The maximum absolute atomic E-state index is 12.4. The number of carbonyl (C=O) groups excluding carboxylic acids is 2. The number of amides is 2. The number of aromatic nitrogens is 1. The van der Waals surface area contributed by atoms with Crippen LogP contribution in [-0.2, 0) is 11.3 Å². The summed E-state index contributed by atoms with van der Waals surface area (Å²) >= 11 is 0. The van der Waals surface area contributed by atoms with Crippen molar-refractivity contribution >= 4 is 11.8 Å². The Morgan fingerprint density at radius 1 is 1.17 bits per heavy atom. The third-order valence-corrected chi connectivity index (χ3v) is 4.11. The van der Waals surface area contributed by atoms with Crippen molar-refractivity contribution in [2.75, 3.05) is 19.6 Å². The Morgan fingerprint density at radius 2 is 1.91 bits per heavy atom. The van der Waals surface area contributed by atoms with Crippen LogP contribution in [0.2, 0.25) is 0 Å². The molecule has 2 heterocycles. The first-order valence-corrected chi connectivity index (χ1v) is 7.80. The predicted molar refractivity (Wildman–Crippen MR) is 88.0 cm³/mol. The standard InChI is InChI=1S/C18H21N3O2/c1-13-7-14(2)9-15(8-13)11-20-5-6-21(12-17(20)22)18(23)16-3-4-19-10-16/h3-4,7-10,19H,5-6,11-12H2,1-2H3. The summed E-state index contributed by atoms with van der Waals surface area (Å²) < 4.78 is 0. The average Bonchev–Trinajstić information content (AvgIpc) is 3.02. The van der Waals surface area contributed by atoms with Crippen molar-refractivity contribution in [3.8, 4) is 0 Å². The molecule has 1 saturated heterocycles. The molecule has 0 unspecified atom stereocenters. The molecule has 3 rings (SSSR count). The highest BCUT2D eigenvalue weighted by Gasteiger charge is 2.27. The SMILES string of the molecule is Cc1cc(C)cc(CN2CCN(C(=O)c3cc[nH]c3)CC2=O)c1. The van der Waals surface area contributed by atoms with E-state index < -0.39 is 0 Å². The van der Waals surface area contributed by atoms with Gasteiger partial charge in [-0.25, -0.2) is 0 Å². The lowest BCUT2D eigenvalue weighted by Crippen LogP contribution is -2.51. The van der Waals surface area contributed by atoms with Crippen LogP contribution in [0.1, 0.15) is 27.0 Å². The Balaban J connectivity index is 1.65. The summed E-state index contributed by atoms with van der Waals surface area (Å²) in [6.45, 7) is 6.02. The highest BCUT2D eigenvalue weighted by molar-refractivity contribution is 5.96. The van der Waals surface area contributed by atoms with Crippen LogP contribution in [0.15, 0.2) is 36.7 Å². The monoisotopic (exact) mass is 311 g/mol. The maximum atomic E-state index is 12.4. The summed E-state index contributed by atoms with van der Waals surface area (Å²) in [5.41, 5.74) is 4.14. The van der Waals surface area contributed by atoms with E-state index in [1.165, 1.54) is 11.1 Å². The molecule has 1 aliphatic heterocycles. The zero-order valence-corrected chi connectivity index (χ0v) is 13.5. The summed E-state index contributed by atoms with van der Waals surface area (Å²) in [6.07, 6.45) is 3.38. The fourth-order valence-corrected chi connectivity index (χ4v) is 3.07. The van der Waals surface area contributed by atoms with Crippen molar-refractivity contribution < 1.29 is 9.59 Å². The number of hydrogen-bond acceptors (Lipinski definition) is 2. The Labute approximate surface area is 135 Å². The zero-order valence-electron chi connectivity index (χ0n) is 13.5. The van der Waals surface area contributed by atoms with Gasteiger partial charge in [-0.2, -0.15) is 0 Å². The first-order chi connectivity index (χ1) is 11.0. The lowest BCUT2D eigenvalue weighted by Gasteiger charge is -2.34. The molecule has 1 aromatic heterocycles. The van der Waals surface area contributed by atoms with E-state index in [1.807, 2.05) is 4.90 Å². The van der Waals surface area contributed by atoms with Gasteiger partial charge in [-0.3, -0.25) is 9.59 Å². The topological polar surface area (TPSA) is 56.4 Å². The third kappa shape index (κ3) is 3.44. The van der Waals surface area contributed by atoms with Gasteiger partial charge in [0.05, 0.1) is 5.56 Å². The molecule has 0 saturated carbocycles. The van der Waals surface area contributed by atoms with Crippen molar-refractivity contribution in [1.82, 2.24) is 14.8 Å². The molecule has 1 aliphatic rings. The number of aromatic amines is 1. The number of benzene rings is 1. The molecule has 0 spiro atoms. The van der Waals surface area contributed by atoms with Crippen LogP contribution >= 0.6 is 0 Å². The van der Waals surface area contributed by atoms with Crippen LogP contribution in [0.5, 0.6) is 0 Å². The Bertz CT molecular complexity index is 702. The Hall–Kier alpha value is -2.56. The molecule has 5 heteroatoms. The molecule has 5 nitrogen and oxygen atoms in total. The molecule has 0 atom stereocenters. The van der Waals surface area contributed by atoms with Crippen LogP contribution in [-0.4, -0.2) is 46.2 Å². The fourth-order valence-electron chi connectivity index (χ4n) is 3.07. The summed E-state index contributed by atoms with van der Waals surface area (Å²) in [5.74, 6) is -0.0926. The average molecular weight is 311 g/mol. The van der Waals surface area contributed by atoms with Crippen LogP contribution in [0.3, 0.4) is 0 Å². The van der Waals surface area contributed by atoms with Crippen molar-refractivity contribution in [2.45, 2.75) is 20.4 Å². The van der Waals surface area contributed by atoms with Crippen molar-refractivity contribution in [3.05, 3.63) is 58.9 Å². The van der Waals surface area contributed by atoms with Gasteiger partial charge in [0.2, 0.25) is 5.91 Å². The maximum Gasteiger partial charge on any atom is 0.255 e. The van der Waals surface area contributed by atoms with Gasteiger partial charge in [0.1, 0.15) is 6.54 Å². The fraction of sp³-hybridized carbons (Fsp3) is 0.333. The predicted octanol–water partition coefficient (Wildman–Crippen LogP) is 2.12. The van der Waals surface area contributed by atoms with Gasteiger partial charge < -0.3 is 14.8 Å². The zero-order chi connectivity index (χ0) is 16.4. The van der Waals surface area contributed by atoms with Crippen molar-refractivity contribution in [2.24, 2.45) is 0 Å². The van der Waals surface area contributed by atoms with Crippen molar-refractivity contribution in [3.63, 3.8) is 0 Å². The molecule has 23 heavy (non-hydrogen) atoms. The van der Waals surface area contributed by atoms with E-state index in [0.29, 0.717) is 25.2 Å². The van der Waals surface area contributed by atoms with Crippen LogP contribution in [0, 0.1) is 13.8 Å². The Morgan fingerprint density at radius 3 is 2.52 bits per heavy atom. The van der Waals surface area contributed by atoms with Gasteiger partial charge in [0, 0.05) is 32.0 Å². The quantitative estimate of drug-likeness (QED) is 0.944. The summed E-state index contributed by atoms with van der Waals surface area (Å²) in [5, 5.41) is 0. The van der Waals surface area contributed by atoms with Crippen LogP contribution < -0.4 is 0 Å². The molecule has 1 N–H and O–H groups in total. The van der Waals surface area contributed by atoms with E-state index in [-0.39, 0.29) is 18.4 Å². The summed E-state index contributed by atoms with van der Waals surface area (Å²) in [4.78, 5) is 31.0. The molecule has 2 amide bonds. The molecular formula is C18H21N3O2. The van der Waals surface area contributed by atoms with Gasteiger partial charge in [0.25, 0.3) is 5.91 Å². The molecule has 1 aromatic carbocycles. The van der Waals surface area contributed by atoms with Crippen molar-refractivity contribution in [1.29, 1.82) is 0 Å². The van der Waals surface area contributed by atoms with Gasteiger partial charge in [-0.15, -0.1) is 0 Å². The number of hydrogen-bond donors (Lipinski definition) is 1. The number of aryl methyl sites for hydroxylation is 2. The van der Waals surface area contributed by atoms with Crippen LogP contribution in [0.25, 0.3) is 0 Å². The minimum atomic E-state index is -0.0920. The van der Waals surface area contributed by atoms with E-state index >= 15 is 0 Å². The van der Waals surface area contributed by atoms with E-state index in [2.05, 4.69) is 37.0 Å². The number of nitrogens with one attached hydrogen (secondary N) is 1. The second-order valence-corrected chi connectivity index (χ2v) is 6.14. The summed E-state index contributed by atoms with van der Waals surface area (Å²) in [7, 11) is 0. The first kappa shape index (κ1) is 15.3. The number of carbonyl (C=O) groups is 2. The normalized spacial score (nSPS) is 15.1. The highest BCUT2D eigenvalue weighted by Crippen LogP contribution is 2.15. The lowest BCUT2D eigenvalue weighted by molar-refractivity contribution is -0.135. The second kappa shape index (κ2) is 6.28. The largest absolute Gasteiger partial charge is 0.367 e. The number of rotatable bonds is 3. The molecule has 120 valence electrons. The van der Waals surface area contributed by atoms with E-state index in [0.717, 1.165) is 5.56 Å². The van der Waals surface area contributed by atoms with Crippen LogP contribution in [0.4, 0.5) is 0 Å². The molecule has 0 bridgehead atoms. The Kier molecular flexibility index (Phi) is 4.19. The minimum Gasteiger partial charge on any atom is -0.367 e. The van der Waals surface area contributed by atoms with Gasteiger partial charge in [-0.1, -0.05) is 29.3 Å². The smallest absolute Gasteiger partial charge is 0.255 e. The van der Waals surface area contributed by atoms with Gasteiger partial charge in [0.15, 0.2) is 0 Å². The third-order valence-electron chi connectivity index (χ3n) is 4.11. The lowest BCUT2D eigenvalue weighted by atomic mass is 10.1.